The highest BCUT2D eigenvalue weighted by molar-refractivity contribution is 5.51. The Kier molecular flexibility index (Phi) is 4.53. The van der Waals surface area contributed by atoms with E-state index < -0.39 is 0 Å². The van der Waals surface area contributed by atoms with Gasteiger partial charge in [-0.05, 0) is 44.0 Å². The molecule has 0 bridgehead atoms. The number of aromatic nitrogens is 2. The van der Waals surface area contributed by atoms with Crippen LogP contribution in [-0.2, 0) is 0 Å². The summed E-state index contributed by atoms with van der Waals surface area (Å²) in [6, 6.07) is 18.4. The van der Waals surface area contributed by atoms with E-state index in [1.165, 1.54) is 11.1 Å². The molecule has 0 aliphatic carbocycles. The van der Waals surface area contributed by atoms with Crippen molar-refractivity contribution in [1.82, 2.24) is 15.5 Å². The minimum absolute atomic E-state index is 0.0189. The lowest BCUT2D eigenvalue weighted by atomic mass is 10.0. The summed E-state index contributed by atoms with van der Waals surface area (Å²) in [5, 5.41) is 11.9. The van der Waals surface area contributed by atoms with Crippen molar-refractivity contribution in [3.8, 4) is 11.5 Å². The van der Waals surface area contributed by atoms with Gasteiger partial charge < -0.3 is 4.42 Å². The van der Waals surface area contributed by atoms with Gasteiger partial charge in [0.2, 0.25) is 11.8 Å². The molecule has 118 valence electrons. The number of benzene rings is 2. The zero-order valence-corrected chi connectivity index (χ0v) is 13.7. The van der Waals surface area contributed by atoms with E-state index in [0.717, 1.165) is 5.56 Å². The average molecular weight is 307 g/mol. The number of aryl methyl sites for hydroxylation is 1. The van der Waals surface area contributed by atoms with Crippen LogP contribution in [0.2, 0.25) is 0 Å². The average Bonchev–Trinajstić information content (AvgIpc) is 3.06. The van der Waals surface area contributed by atoms with Gasteiger partial charge in [-0.25, -0.2) is 0 Å². The lowest BCUT2D eigenvalue weighted by molar-refractivity contribution is 0.394. The van der Waals surface area contributed by atoms with Gasteiger partial charge in [-0.15, -0.1) is 10.2 Å². The molecule has 0 saturated carbocycles. The highest BCUT2D eigenvalue weighted by Crippen LogP contribution is 2.23. The third kappa shape index (κ3) is 3.48. The fraction of sp³-hybridized carbons (Fsp3) is 0.263. The van der Waals surface area contributed by atoms with Crippen LogP contribution in [-0.4, -0.2) is 10.2 Å². The van der Waals surface area contributed by atoms with E-state index in [2.05, 4.69) is 53.6 Å². The van der Waals surface area contributed by atoms with E-state index in [0.29, 0.717) is 11.8 Å². The van der Waals surface area contributed by atoms with Crippen molar-refractivity contribution in [2.24, 2.45) is 0 Å². The molecule has 4 nitrogen and oxygen atoms in total. The molecule has 3 aromatic rings. The molecule has 0 amide bonds. The lowest BCUT2D eigenvalue weighted by Gasteiger charge is -2.19. The summed E-state index contributed by atoms with van der Waals surface area (Å²) in [5.41, 5.74) is 3.49. The number of nitrogens with zero attached hydrogens (tertiary/aromatic N) is 2. The van der Waals surface area contributed by atoms with Crippen LogP contribution in [0.15, 0.2) is 59.0 Å². The maximum atomic E-state index is 5.81. The zero-order valence-electron chi connectivity index (χ0n) is 13.7. The molecule has 2 atom stereocenters. The molecule has 0 radical (unpaired) electrons. The predicted octanol–water partition coefficient (Wildman–Crippen LogP) is 4.46. The summed E-state index contributed by atoms with van der Waals surface area (Å²) in [7, 11) is 0. The van der Waals surface area contributed by atoms with Gasteiger partial charge >= 0.3 is 0 Å². The van der Waals surface area contributed by atoms with Crippen molar-refractivity contribution in [2.45, 2.75) is 32.9 Å². The molecule has 2 aromatic carbocycles. The second-order valence-electron chi connectivity index (χ2n) is 5.78. The first kappa shape index (κ1) is 15.4. The molecule has 1 heterocycles. The van der Waals surface area contributed by atoms with E-state index >= 15 is 0 Å². The Morgan fingerprint density at radius 3 is 2.30 bits per heavy atom. The summed E-state index contributed by atoms with van der Waals surface area (Å²) in [6.45, 7) is 6.31. The van der Waals surface area contributed by atoms with Crippen molar-refractivity contribution in [2.75, 3.05) is 0 Å². The van der Waals surface area contributed by atoms with Gasteiger partial charge in [0.15, 0.2) is 0 Å². The maximum Gasteiger partial charge on any atom is 0.247 e. The fourth-order valence-electron chi connectivity index (χ4n) is 2.72. The normalized spacial score (nSPS) is 13.7. The van der Waals surface area contributed by atoms with E-state index in [-0.39, 0.29) is 12.1 Å². The van der Waals surface area contributed by atoms with Crippen molar-refractivity contribution in [1.29, 1.82) is 0 Å². The van der Waals surface area contributed by atoms with Crippen LogP contribution >= 0.6 is 0 Å². The molecule has 23 heavy (non-hydrogen) atoms. The van der Waals surface area contributed by atoms with Crippen molar-refractivity contribution in [3.63, 3.8) is 0 Å². The first-order valence-electron chi connectivity index (χ1n) is 7.85. The van der Waals surface area contributed by atoms with Crippen molar-refractivity contribution < 1.29 is 4.42 Å². The number of nitrogens with one attached hydrogen (secondary N) is 1. The van der Waals surface area contributed by atoms with Gasteiger partial charge in [-0.2, -0.15) is 0 Å². The second kappa shape index (κ2) is 6.75. The van der Waals surface area contributed by atoms with E-state index in [1.807, 2.05) is 37.3 Å². The third-order valence-electron chi connectivity index (χ3n) is 3.99. The molecule has 1 aromatic heterocycles. The first-order valence-corrected chi connectivity index (χ1v) is 7.85. The topological polar surface area (TPSA) is 51.0 Å². The summed E-state index contributed by atoms with van der Waals surface area (Å²) >= 11 is 0. The number of hydrogen-bond acceptors (Lipinski definition) is 4. The Morgan fingerprint density at radius 2 is 1.57 bits per heavy atom. The maximum absolute atomic E-state index is 5.81. The van der Waals surface area contributed by atoms with Crippen molar-refractivity contribution in [3.05, 3.63) is 71.6 Å². The minimum atomic E-state index is -0.0189. The zero-order chi connectivity index (χ0) is 16.2. The predicted molar refractivity (Wildman–Crippen MR) is 90.9 cm³/mol. The Bertz CT molecular complexity index is 767. The highest BCUT2D eigenvalue weighted by atomic mass is 16.4. The number of rotatable bonds is 5. The smallest absolute Gasteiger partial charge is 0.247 e. The summed E-state index contributed by atoms with van der Waals surface area (Å²) < 4.78 is 5.81. The molecule has 0 aliphatic rings. The van der Waals surface area contributed by atoms with Crippen LogP contribution in [0.5, 0.6) is 0 Å². The monoisotopic (exact) mass is 307 g/mol. The van der Waals surface area contributed by atoms with E-state index in [4.69, 9.17) is 4.42 Å². The van der Waals surface area contributed by atoms with Crippen LogP contribution in [0.3, 0.4) is 0 Å². The Morgan fingerprint density at radius 1 is 0.870 bits per heavy atom. The molecular formula is C19H21N3O. The van der Waals surface area contributed by atoms with Crippen LogP contribution in [0, 0.1) is 6.92 Å². The van der Waals surface area contributed by atoms with Crippen LogP contribution in [0.4, 0.5) is 0 Å². The van der Waals surface area contributed by atoms with Crippen LogP contribution in [0.25, 0.3) is 11.5 Å². The van der Waals surface area contributed by atoms with E-state index in [9.17, 15) is 0 Å². The highest BCUT2D eigenvalue weighted by Gasteiger charge is 2.18. The van der Waals surface area contributed by atoms with Crippen molar-refractivity contribution >= 4 is 0 Å². The SMILES string of the molecule is Cc1ccccc1[C@@H](C)N[C@@H](C)c1nnc(-c2ccccc2)o1. The molecule has 1 N–H and O–H groups in total. The summed E-state index contributed by atoms with van der Waals surface area (Å²) in [5.74, 6) is 1.15. The first-order chi connectivity index (χ1) is 11.1. The standard InChI is InChI=1S/C19H21N3O/c1-13-9-7-8-12-17(13)14(2)20-15(3)18-21-22-19(23-18)16-10-5-4-6-11-16/h4-12,14-15,20H,1-3H3/t14-,15+/m1/s1. The Labute approximate surface area is 136 Å². The van der Waals surface area contributed by atoms with Gasteiger partial charge in [0.25, 0.3) is 0 Å². The van der Waals surface area contributed by atoms with E-state index in [1.54, 1.807) is 0 Å². The number of hydrogen-bond donors (Lipinski definition) is 1. The quantitative estimate of drug-likeness (QED) is 0.756. The minimum Gasteiger partial charge on any atom is -0.419 e. The molecule has 4 heteroatoms. The van der Waals surface area contributed by atoms with Crippen LogP contribution < -0.4 is 5.32 Å². The van der Waals surface area contributed by atoms with Gasteiger partial charge in [0, 0.05) is 11.6 Å². The molecular weight excluding hydrogens is 286 g/mol. The summed E-state index contributed by atoms with van der Waals surface area (Å²) in [4.78, 5) is 0. The van der Waals surface area contributed by atoms with Gasteiger partial charge in [0.05, 0.1) is 6.04 Å². The van der Waals surface area contributed by atoms with Crippen LogP contribution in [0.1, 0.15) is 42.9 Å². The Hall–Kier alpha value is -2.46. The third-order valence-corrected chi connectivity index (χ3v) is 3.99. The summed E-state index contributed by atoms with van der Waals surface area (Å²) in [6.07, 6.45) is 0. The van der Waals surface area contributed by atoms with Gasteiger partial charge in [-0.3, -0.25) is 5.32 Å². The second-order valence-corrected chi connectivity index (χ2v) is 5.78. The molecule has 3 rings (SSSR count). The fourth-order valence-corrected chi connectivity index (χ4v) is 2.72. The van der Waals surface area contributed by atoms with Gasteiger partial charge in [-0.1, -0.05) is 42.5 Å². The molecule has 0 fully saturated rings. The molecule has 0 saturated heterocycles. The molecule has 0 aliphatic heterocycles. The largest absolute Gasteiger partial charge is 0.419 e. The molecule has 0 unspecified atom stereocenters. The Balaban J connectivity index is 1.73. The lowest BCUT2D eigenvalue weighted by Crippen LogP contribution is -2.23. The van der Waals surface area contributed by atoms with Gasteiger partial charge in [0.1, 0.15) is 0 Å². The molecule has 0 spiro atoms.